The summed E-state index contributed by atoms with van der Waals surface area (Å²) in [7, 11) is 0. The molecule has 0 saturated carbocycles. The van der Waals surface area contributed by atoms with E-state index in [1.165, 1.54) is 12.3 Å². The van der Waals surface area contributed by atoms with Crippen LogP contribution in [0, 0.1) is 0 Å². The van der Waals surface area contributed by atoms with E-state index in [-0.39, 0.29) is 10.7 Å². The van der Waals surface area contributed by atoms with Gasteiger partial charge in [-0.15, -0.1) is 0 Å². The van der Waals surface area contributed by atoms with Crippen molar-refractivity contribution >= 4 is 23.3 Å². The van der Waals surface area contributed by atoms with E-state index < -0.39 is 5.97 Å². The Balaban J connectivity index is 2.18. The summed E-state index contributed by atoms with van der Waals surface area (Å²) < 4.78 is 0. The summed E-state index contributed by atoms with van der Waals surface area (Å²) in [6.07, 6.45) is 1.25. The first-order chi connectivity index (χ1) is 8.66. The van der Waals surface area contributed by atoms with Gasteiger partial charge in [-0.2, -0.15) is 0 Å². The third-order valence-corrected chi connectivity index (χ3v) is 2.63. The third-order valence-electron chi connectivity index (χ3n) is 2.43. The van der Waals surface area contributed by atoms with Crippen molar-refractivity contribution in [3.63, 3.8) is 0 Å². The van der Waals surface area contributed by atoms with Crippen molar-refractivity contribution in [2.75, 3.05) is 5.32 Å². The summed E-state index contributed by atoms with van der Waals surface area (Å²) in [6, 6.07) is 11.2. The van der Waals surface area contributed by atoms with E-state index in [0.29, 0.717) is 12.2 Å². The molecular weight excluding hydrogens is 252 g/mol. The molecule has 0 aliphatic carbocycles. The Morgan fingerprint density at radius 2 is 2.06 bits per heavy atom. The third kappa shape index (κ3) is 2.99. The Morgan fingerprint density at radius 3 is 2.72 bits per heavy atom. The molecule has 0 aliphatic rings. The van der Waals surface area contributed by atoms with Crippen LogP contribution in [-0.2, 0) is 6.54 Å². The minimum atomic E-state index is -1.03. The fraction of sp³-hybridized carbons (Fsp3) is 0.0769. The molecule has 0 radical (unpaired) electrons. The van der Waals surface area contributed by atoms with Crippen LogP contribution in [0.5, 0.6) is 0 Å². The molecule has 0 aliphatic heterocycles. The molecule has 1 aromatic carbocycles. The molecule has 0 unspecified atom stereocenters. The normalized spacial score (nSPS) is 10.1. The predicted octanol–water partition coefficient (Wildman–Crippen LogP) is 3.05. The number of halogens is 1. The van der Waals surface area contributed by atoms with Crippen LogP contribution < -0.4 is 5.32 Å². The number of carboxylic acid groups (broad SMARTS) is 1. The van der Waals surface area contributed by atoms with Crippen LogP contribution in [-0.4, -0.2) is 16.1 Å². The summed E-state index contributed by atoms with van der Waals surface area (Å²) in [4.78, 5) is 14.8. The number of anilines is 1. The fourth-order valence-electron chi connectivity index (χ4n) is 1.54. The standard InChI is InChI=1S/C13H11ClN2O2/c14-12-6-11(10(8-16-12)13(17)18)15-7-9-4-2-1-3-5-9/h1-6,8H,7H2,(H,15,16)(H,17,18). The minimum absolute atomic E-state index is 0.107. The van der Waals surface area contributed by atoms with Gasteiger partial charge in [0, 0.05) is 12.7 Å². The number of rotatable bonds is 4. The number of carboxylic acids is 1. The zero-order chi connectivity index (χ0) is 13.0. The highest BCUT2D eigenvalue weighted by atomic mass is 35.5. The van der Waals surface area contributed by atoms with Crippen LogP contribution in [0.3, 0.4) is 0 Å². The quantitative estimate of drug-likeness (QED) is 0.832. The van der Waals surface area contributed by atoms with Gasteiger partial charge in [0.05, 0.1) is 5.69 Å². The van der Waals surface area contributed by atoms with Crippen LogP contribution >= 0.6 is 11.6 Å². The summed E-state index contributed by atoms with van der Waals surface area (Å²) in [6.45, 7) is 0.529. The smallest absolute Gasteiger partial charge is 0.339 e. The van der Waals surface area contributed by atoms with Gasteiger partial charge in [0.25, 0.3) is 0 Å². The monoisotopic (exact) mass is 262 g/mol. The fourth-order valence-corrected chi connectivity index (χ4v) is 1.70. The van der Waals surface area contributed by atoms with Crippen LogP contribution in [0.25, 0.3) is 0 Å². The number of pyridine rings is 1. The topological polar surface area (TPSA) is 62.2 Å². The molecule has 1 heterocycles. The first kappa shape index (κ1) is 12.4. The Bertz CT molecular complexity index is 558. The second-order valence-electron chi connectivity index (χ2n) is 3.70. The van der Waals surface area contributed by atoms with E-state index in [1.54, 1.807) is 0 Å². The summed E-state index contributed by atoms with van der Waals surface area (Å²) in [5, 5.41) is 12.3. The average Bonchev–Trinajstić information content (AvgIpc) is 2.37. The van der Waals surface area contributed by atoms with Crippen LogP contribution in [0.2, 0.25) is 5.15 Å². The number of benzene rings is 1. The molecule has 0 atom stereocenters. The van der Waals surface area contributed by atoms with Gasteiger partial charge in [-0.1, -0.05) is 41.9 Å². The van der Waals surface area contributed by atoms with Gasteiger partial charge in [-0.25, -0.2) is 9.78 Å². The predicted molar refractivity (Wildman–Crippen MR) is 70.0 cm³/mol. The zero-order valence-corrected chi connectivity index (χ0v) is 10.2. The van der Waals surface area contributed by atoms with Crippen molar-refractivity contribution < 1.29 is 9.90 Å². The van der Waals surface area contributed by atoms with E-state index in [0.717, 1.165) is 5.56 Å². The lowest BCUT2D eigenvalue weighted by Gasteiger charge is -2.09. The van der Waals surface area contributed by atoms with Gasteiger partial charge in [0.1, 0.15) is 10.7 Å². The maximum absolute atomic E-state index is 11.0. The maximum Gasteiger partial charge on any atom is 0.339 e. The number of hydrogen-bond acceptors (Lipinski definition) is 3. The number of nitrogens with one attached hydrogen (secondary N) is 1. The number of nitrogens with zero attached hydrogens (tertiary/aromatic N) is 1. The van der Waals surface area contributed by atoms with Gasteiger partial charge in [-0.05, 0) is 11.6 Å². The first-order valence-electron chi connectivity index (χ1n) is 5.33. The minimum Gasteiger partial charge on any atom is -0.478 e. The van der Waals surface area contributed by atoms with Crippen molar-refractivity contribution in [2.45, 2.75) is 6.54 Å². The molecule has 1 aromatic heterocycles. The number of carbonyl (C=O) groups is 1. The largest absolute Gasteiger partial charge is 0.478 e. The zero-order valence-electron chi connectivity index (χ0n) is 9.43. The number of hydrogen-bond donors (Lipinski definition) is 2. The lowest BCUT2D eigenvalue weighted by atomic mass is 10.2. The van der Waals surface area contributed by atoms with Gasteiger partial charge in [0.15, 0.2) is 0 Å². The van der Waals surface area contributed by atoms with E-state index in [1.807, 2.05) is 30.3 Å². The molecule has 4 nitrogen and oxygen atoms in total. The highest BCUT2D eigenvalue weighted by Gasteiger charge is 2.11. The summed E-state index contributed by atoms with van der Waals surface area (Å²) in [5.74, 6) is -1.03. The number of aromatic carboxylic acids is 1. The summed E-state index contributed by atoms with van der Waals surface area (Å²) >= 11 is 5.76. The Kier molecular flexibility index (Phi) is 3.79. The molecule has 92 valence electrons. The lowest BCUT2D eigenvalue weighted by molar-refractivity contribution is 0.0697. The molecule has 0 amide bonds. The molecule has 0 spiro atoms. The Morgan fingerprint density at radius 1 is 1.33 bits per heavy atom. The van der Waals surface area contributed by atoms with Gasteiger partial charge in [0.2, 0.25) is 0 Å². The molecule has 0 saturated heterocycles. The number of aromatic nitrogens is 1. The first-order valence-corrected chi connectivity index (χ1v) is 5.71. The van der Waals surface area contributed by atoms with E-state index in [9.17, 15) is 4.79 Å². The van der Waals surface area contributed by atoms with Crippen molar-refractivity contribution in [1.29, 1.82) is 0 Å². The van der Waals surface area contributed by atoms with Crippen LogP contribution in [0.4, 0.5) is 5.69 Å². The van der Waals surface area contributed by atoms with Crippen molar-refractivity contribution in [1.82, 2.24) is 4.98 Å². The Labute approximate surface area is 109 Å². The van der Waals surface area contributed by atoms with Gasteiger partial charge < -0.3 is 10.4 Å². The highest BCUT2D eigenvalue weighted by Crippen LogP contribution is 2.19. The molecule has 2 N–H and O–H groups in total. The maximum atomic E-state index is 11.0. The van der Waals surface area contributed by atoms with Crippen LogP contribution in [0.15, 0.2) is 42.6 Å². The van der Waals surface area contributed by atoms with Crippen molar-refractivity contribution in [3.05, 3.63) is 58.9 Å². The van der Waals surface area contributed by atoms with Crippen molar-refractivity contribution in [3.8, 4) is 0 Å². The summed E-state index contributed by atoms with van der Waals surface area (Å²) in [5.41, 5.74) is 1.63. The van der Waals surface area contributed by atoms with E-state index in [2.05, 4.69) is 10.3 Å². The second-order valence-corrected chi connectivity index (χ2v) is 4.08. The molecular formula is C13H11ClN2O2. The molecule has 0 bridgehead atoms. The molecule has 0 fully saturated rings. The highest BCUT2D eigenvalue weighted by molar-refractivity contribution is 6.29. The molecule has 18 heavy (non-hydrogen) atoms. The lowest BCUT2D eigenvalue weighted by Crippen LogP contribution is -2.07. The van der Waals surface area contributed by atoms with Gasteiger partial charge in [-0.3, -0.25) is 0 Å². The Hall–Kier alpha value is -2.07. The molecule has 2 rings (SSSR count). The SMILES string of the molecule is O=C(O)c1cnc(Cl)cc1NCc1ccccc1. The van der Waals surface area contributed by atoms with E-state index in [4.69, 9.17) is 16.7 Å². The van der Waals surface area contributed by atoms with Gasteiger partial charge >= 0.3 is 5.97 Å². The van der Waals surface area contributed by atoms with Crippen molar-refractivity contribution in [2.24, 2.45) is 0 Å². The molecule has 5 heteroatoms. The van der Waals surface area contributed by atoms with Crippen LogP contribution in [0.1, 0.15) is 15.9 Å². The van der Waals surface area contributed by atoms with E-state index >= 15 is 0 Å². The second kappa shape index (κ2) is 5.51. The average molecular weight is 263 g/mol. The molecule has 2 aromatic rings.